The van der Waals surface area contributed by atoms with Gasteiger partial charge in [0.15, 0.2) is 0 Å². The minimum atomic E-state index is -1.01. The number of hydrogen-bond acceptors (Lipinski definition) is 5. The van der Waals surface area contributed by atoms with E-state index in [0.29, 0.717) is 11.3 Å². The van der Waals surface area contributed by atoms with Gasteiger partial charge in [-0.05, 0) is 23.7 Å². The Bertz CT molecular complexity index is 538. The van der Waals surface area contributed by atoms with Gasteiger partial charge in [-0.15, -0.1) is 0 Å². The largest absolute Gasteiger partial charge is 0.508 e. The van der Waals surface area contributed by atoms with Gasteiger partial charge in [-0.3, -0.25) is 0 Å². The summed E-state index contributed by atoms with van der Waals surface area (Å²) in [6.07, 6.45) is 1.47. The molecule has 2 N–H and O–H groups in total. The molecule has 0 bridgehead atoms. The molecule has 0 aliphatic carbocycles. The normalized spacial score (nSPS) is 10.1. The van der Waals surface area contributed by atoms with Crippen molar-refractivity contribution in [2.75, 3.05) is 0 Å². The van der Waals surface area contributed by atoms with Crippen LogP contribution < -0.4 is 4.74 Å². The van der Waals surface area contributed by atoms with E-state index in [1.54, 1.807) is 12.1 Å². The number of phenolic OH excluding ortho intramolecular Hbond substituents is 1. The lowest BCUT2D eigenvalue weighted by Gasteiger charge is -2.05. The summed E-state index contributed by atoms with van der Waals surface area (Å²) in [6, 6.07) is 6.32. The van der Waals surface area contributed by atoms with Crippen molar-refractivity contribution in [1.29, 1.82) is 0 Å². The topological polar surface area (TPSA) is 79.7 Å². The molecule has 0 fully saturated rings. The molecule has 0 atom stereocenters. The van der Waals surface area contributed by atoms with Gasteiger partial charge in [-0.1, -0.05) is 6.07 Å². The van der Waals surface area contributed by atoms with Gasteiger partial charge in [-0.2, -0.15) is 4.37 Å². The maximum absolute atomic E-state index is 10.8. The number of aromatic nitrogens is 1. The number of aromatic carboxylic acids is 1. The molecule has 1 aromatic heterocycles. The minimum Gasteiger partial charge on any atom is -0.508 e. The molecular formula is C11H9NO4S. The van der Waals surface area contributed by atoms with E-state index < -0.39 is 5.97 Å². The minimum absolute atomic E-state index is 0.101. The standard InChI is InChI=1S/C11H9NO4S/c13-8-2-1-3-9(4-8)16-6-7-5-12-17-10(7)11(14)15/h1-5,13H,6H2,(H,14,15). The van der Waals surface area contributed by atoms with Gasteiger partial charge in [-0.25, -0.2) is 4.79 Å². The zero-order valence-electron chi connectivity index (χ0n) is 8.66. The predicted molar refractivity (Wildman–Crippen MR) is 61.5 cm³/mol. The Kier molecular flexibility index (Phi) is 3.24. The lowest BCUT2D eigenvalue weighted by molar-refractivity contribution is 0.0699. The van der Waals surface area contributed by atoms with Gasteiger partial charge in [0, 0.05) is 17.8 Å². The molecule has 17 heavy (non-hydrogen) atoms. The Balaban J connectivity index is 2.07. The number of aromatic hydroxyl groups is 1. The first kappa shape index (κ1) is 11.4. The van der Waals surface area contributed by atoms with Gasteiger partial charge in [0.05, 0.1) is 0 Å². The molecule has 6 heteroatoms. The van der Waals surface area contributed by atoms with Crippen LogP contribution in [0.5, 0.6) is 11.5 Å². The van der Waals surface area contributed by atoms with E-state index >= 15 is 0 Å². The molecule has 0 aliphatic heterocycles. The molecule has 2 rings (SSSR count). The number of carbonyl (C=O) groups is 1. The van der Waals surface area contributed by atoms with Crippen molar-refractivity contribution in [2.45, 2.75) is 6.61 Å². The van der Waals surface area contributed by atoms with Crippen LogP contribution in [0.25, 0.3) is 0 Å². The van der Waals surface area contributed by atoms with Crippen LogP contribution in [-0.4, -0.2) is 20.6 Å². The van der Waals surface area contributed by atoms with Crippen LogP contribution in [0.1, 0.15) is 15.2 Å². The molecule has 0 saturated heterocycles. The van der Waals surface area contributed by atoms with Crippen LogP contribution in [0.3, 0.4) is 0 Å². The van der Waals surface area contributed by atoms with E-state index in [1.807, 2.05) is 0 Å². The summed E-state index contributed by atoms with van der Waals surface area (Å²) in [6.45, 7) is 0.113. The molecule has 0 radical (unpaired) electrons. The summed E-state index contributed by atoms with van der Waals surface area (Å²) in [7, 11) is 0. The van der Waals surface area contributed by atoms with Crippen molar-refractivity contribution >= 4 is 17.5 Å². The molecule has 88 valence electrons. The van der Waals surface area contributed by atoms with Gasteiger partial charge in [0.2, 0.25) is 0 Å². The van der Waals surface area contributed by atoms with Crippen molar-refractivity contribution in [3.05, 3.63) is 40.9 Å². The van der Waals surface area contributed by atoms with Crippen molar-refractivity contribution < 1.29 is 19.7 Å². The summed E-state index contributed by atoms with van der Waals surface area (Å²) in [5.74, 6) is -0.432. The van der Waals surface area contributed by atoms with E-state index in [2.05, 4.69) is 4.37 Å². The average molecular weight is 251 g/mol. The first-order valence-corrected chi connectivity index (χ1v) is 5.53. The first-order valence-electron chi connectivity index (χ1n) is 4.75. The molecule has 0 amide bonds. The second-order valence-corrected chi connectivity index (χ2v) is 4.07. The Morgan fingerprint density at radius 3 is 3.00 bits per heavy atom. The average Bonchev–Trinajstić information content (AvgIpc) is 2.74. The first-order chi connectivity index (χ1) is 8.16. The number of nitrogens with zero attached hydrogens (tertiary/aromatic N) is 1. The number of carboxylic acids is 1. The van der Waals surface area contributed by atoms with Gasteiger partial charge in [0.1, 0.15) is 23.0 Å². The molecule has 1 heterocycles. The highest BCUT2D eigenvalue weighted by atomic mass is 32.1. The summed E-state index contributed by atoms with van der Waals surface area (Å²) < 4.78 is 9.17. The number of hydrogen-bond donors (Lipinski definition) is 2. The van der Waals surface area contributed by atoms with Gasteiger partial charge < -0.3 is 14.9 Å². The van der Waals surface area contributed by atoms with Crippen LogP contribution in [-0.2, 0) is 6.61 Å². The lowest BCUT2D eigenvalue weighted by atomic mass is 10.3. The third kappa shape index (κ3) is 2.73. The van der Waals surface area contributed by atoms with Crippen molar-refractivity contribution in [3.63, 3.8) is 0 Å². The highest BCUT2D eigenvalue weighted by molar-refractivity contribution is 7.08. The number of phenols is 1. The van der Waals surface area contributed by atoms with Crippen molar-refractivity contribution in [2.24, 2.45) is 0 Å². The highest BCUT2D eigenvalue weighted by Crippen LogP contribution is 2.20. The molecule has 5 nitrogen and oxygen atoms in total. The fourth-order valence-electron chi connectivity index (χ4n) is 1.27. The van der Waals surface area contributed by atoms with Crippen LogP contribution in [0.2, 0.25) is 0 Å². The van der Waals surface area contributed by atoms with E-state index in [0.717, 1.165) is 11.5 Å². The number of carboxylic acid groups (broad SMARTS) is 1. The molecule has 1 aromatic carbocycles. The maximum Gasteiger partial charge on any atom is 0.347 e. The molecule has 0 saturated carbocycles. The Hall–Kier alpha value is -2.08. The summed E-state index contributed by atoms with van der Waals surface area (Å²) in [5.41, 5.74) is 0.519. The lowest BCUT2D eigenvalue weighted by Crippen LogP contribution is -2.01. The molecule has 0 spiro atoms. The number of benzene rings is 1. The Labute approximate surface area is 101 Å². The summed E-state index contributed by atoms with van der Waals surface area (Å²) >= 11 is 0.917. The molecule has 2 aromatic rings. The van der Waals surface area contributed by atoms with Crippen LogP contribution in [0.4, 0.5) is 0 Å². The molecule has 0 aliphatic rings. The summed E-state index contributed by atoms with van der Waals surface area (Å²) in [4.78, 5) is 11.0. The van der Waals surface area contributed by atoms with Crippen LogP contribution >= 0.6 is 11.5 Å². The monoisotopic (exact) mass is 251 g/mol. The van der Waals surface area contributed by atoms with Crippen LogP contribution in [0, 0.1) is 0 Å². The number of rotatable bonds is 4. The van der Waals surface area contributed by atoms with Gasteiger partial charge >= 0.3 is 5.97 Å². The van der Waals surface area contributed by atoms with E-state index in [9.17, 15) is 9.90 Å². The smallest absolute Gasteiger partial charge is 0.347 e. The van der Waals surface area contributed by atoms with Crippen LogP contribution in [0.15, 0.2) is 30.5 Å². The van der Waals surface area contributed by atoms with E-state index in [4.69, 9.17) is 9.84 Å². The van der Waals surface area contributed by atoms with E-state index in [-0.39, 0.29) is 17.2 Å². The fourth-order valence-corrected chi connectivity index (χ4v) is 1.87. The highest BCUT2D eigenvalue weighted by Gasteiger charge is 2.13. The van der Waals surface area contributed by atoms with Gasteiger partial charge in [0.25, 0.3) is 0 Å². The Morgan fingerprint density at radius 2 is 2.29 bits per heavy atom. The SMILES string of the molecule is O=C(O)c1sncc1COc1cccc(O)c1. The predicted octanol–water partition coefficient (Wildman–Crippen LogP) is 2.13. The quantitative estimate of drug-likeness (QED) is 0.870. The summed E-state index contributed by atoms with van der Waals surface area (Å²) in [5, 5.41) is 18.1. The van der Waals surface area contributed by atoms with E-state index in [1.165, 1.54) is 18.3 Å². The Morgan fingerprint density at radius 1 is 1.47 bits per heavy atom. The fraction of sp³-hybridized carbons (Fsp3) is 0.0909. The zero-order chi connectivity index (χ0) is 12.3. The van der Waals surface area contributed by atoms with Crippen molar-refractivity contribution in [1.82, 2.24) is 4.37 Å². The third-order valence-corrected chi connectivity index (χ3v) is 2.88. The maximum atomic E-state index is 10.8. The molecular weight excluding hydrogens is 242 g/mol. The third-order valence-electron chi connectivity index (χ3n) is 2.05. The number of ether oxygens (including phenoxy) is 1. The second-order valence-electron chi connectivity index (χ2n) is 3.27. The zero-order valence-corrected chi connectivity index (χ0v) is 9.48. The van der Waals surface area contributed by atoms with Crippen molar-refractivity contribution in [3.8, 4) is 11.5 Å². The molecule has 0 unspecified atom stereocenters. The second kappa shape index (κ2) is 4.84.